The summed E-state index contributed by atoms with van der Waals surface area (Å²) in [5.74, 6) is 0. The summed E-state index contributed by atoms with van der Waals surface area (Å²) in [5, 5.41) is 25.3. The molecule has 0 spiro atoms. The topological polar surface area (TPSA) is 0 Å². The Bertz CT molecular complexity index is 2250. The van der Waals surface area contributed by atoms with Gasteiger partial charge in [-0.1, -0.05) is 84.9 Å². The Morgan fingerprint density at radius 1 is 0.206 bits per heavy atom. The van der Waals surface area contributed by atoms with Gasteiger partial charge in [-0.3, -0.25) is 0 Å². The van der Waals surface area contributed by atoms with Crippen LogP contribution in [0.5, 0.6) is 0 Å². The van der Waals surface area contributed by atoms with Crippen molar-refractivity contribution in [3.8, 4) is 0 Å². The summed E-state index contributed by atoms with van der Waals surface area (Å²) < 4.78 is 0. The smallest absolute Gasteiger partial charge is 0.0000915 e. The minimum atomic E-state index is 1.36. The van der Waals surface area contributed by atoms with E-state index in [0.717, 1.165) is 0 Å². The van der Waals surface area contributed by atoms with Crippen LogP contribution in [0.4, 0.5) is 0 Å². The van der Waals surface area contributed by atoms with Crippen molar-refractivity contribution in [2.45, 2.75) is 0 Å². The minimum absolute atomic E-state index is 1.36. The Kier molecular flexibility index (Phi) is 2.41. The van der Waals surface area contributed by atoms with Crippen LogP contribution in [-0.4, -0.2) is 0 Å². The van der Waals surface area contributed by atoms with E-state index in [1.807, 2.05) is 0 Å². The average molecular weight is 425 g/mol. The largest absolute Gasteiger partial charge is 0.0616 e. The summed E-state index contributed by atoms with van der Waals surface area (Å²) in [6.07, 6.45) is 0. The Morgan fingerprint density at radius 2 is 0.500 bits per heavy atom. The highest BCUT2D eigenvalue weighted by molar-refractivity contribution is 6.55. The molecule has 0 heterocycles. The molecule has 0 bridgehead atoms. The third kappa shape index (κ3) is 1.51. The molecule has 0 atom stereocenters. The van der Waals surface area contributed by atoms with Gasteiger partial charge in [0.1, 0.15) is 0 Å². The monoisotopic (exact) mass is 424 g/mol. The van der Waals surface area contributed by atoms with Gasteiger partial charge in [0.05, 0.1) is 0 Å². The van der Waals surface area contributed by atoms with Crippen LogP contribution in [0.3, 0.4) is 0 Å². The molecule has 0 aromatic heterocycles. The zero-order chi connectivity index (χ0) is 21.7. The maximum absolute atomic E-state index is 2.49. The van der Waals surface area contributed by atoms with Crippen molar-refractivity contribution in [3.63, 3.8) is 0 Å². The van der Waals surface area contributed by atoms with Crippen molar-refractivity contribution >= 4 is 97.0 Å². The van der Waals surface area contributed by atoms with Gasteiger partial charge in [0.2, 0.25) is 0 Å². The van der Waals surface area contributed by atoms with E-state index in [1.165, 1.54) is 97.0 Å². The predicted octanol–water partition coefficient (Wildman–Crippen LogP) is 9.82. The lowest BCUT2D eigenvalue weighted by Gasteiger charge is -2.11. The fourth-order valence-electron chi connectivity index (χ4n) is 7.43. The number of fused-ring (bicyclic) bond motifs is 9. The quantitative estimate of drug-likeness (QED) is 0.212. The van der Waals surface area contributed by atoms with Crippen molar-refractivity contribution in [1.29, 1.82) is 0 Å². The number of benzene rings is 8. The number of hydrogen-bond donors (Lipinski definition) is 0. The standard InChI is InChI=1S/C34H16/c1-3-9-19-17(7-1)23-13-14-24-18-8-2-4-10-20(18)28-16-26-22-12-6-5-11-21(22)25-15-27(19)32-30(23)31(24)33(28)34(32)29(25)26/h1-16H. The first-order chi connectivity index (χ1) is 16.9. The molecule has 0 unspecified atom stereocenters. The van der Waals surface area contributed by atoms with Gasteiger partial charge in [0.25, 0.3) is 0 Å². The predicted molar refractivity (Wildman–Crippen MR) is 149 cm³/mol. The SMILES string of the molecule is c1ccc2c(c1)c1cc3c4ccccc4c4ccc5c6ccccc6c6cc2c1c1c3c4c5c61. The molecule has 0 amide bonds. The molecule has 0 heteroatoms. The van der Waals surface area contributed by atoms with Crippen LogP contribution in [0, 0.1) is 0 Å². The highest BCUT2D eigenvalue weighted by atomic mass is 14.3. The Balaban J connectivity index is 1.76. The molecular weight excluding hydrogens is 408 g/mol. The van der Waals surface area contributed by atoms with E-state index >= 15 is 0 Å². The normalized spacial score (nSPS) is 13.3. The summed E-state index contributed by atoms with van der Waals surface area (Å²) in [6, 6.07) is 36.7. The van der Waals surface area contributed by atoms with E-state index in [-0.39, 0.29) is 0 Å². The van der Waals surface area contributed by atoms with Crippen LogP contribution in [0.1, 0.15) is 0 Å². The van der Waals surface area contributed by atoms with Gasteiger partial charge in [0, 0.05) is 0 Å². The molecule has 0 radical (unpaired) electrons. The van der Waals surface area contributed by atoms with Crippen LogP contribution in [-0.2, 0) is 0 Å². The van der Waals surface area contributed by atoms with Gasteiger partial charge in [-0.25, -0.2) is 0 Å². The van der Waals surface area contributed by atoms with E-state index in [4.69, 9.17) is 0 Å². The molecule has 0 fully saturated rings. The van der Waals surface area contributed by atoms with E-state index in [2.05, 4.69) is 97.1 Å². The van der Waals surface area contributed by atoms with Crippen LogP contribution in [0.25, 0.3) is 97.0 Å². The second kappa shape index (κ2) is 5.05. The van der Waals surface area contributed by atoms with E-state index in [1.54, 1.807) is 0 Å². The van der Waals surface area contributed by atoms with E-state index in [0.29, 0.717) is 0 Å². The van der Waals surface area contributed by atoms with Gasteiger partial charge in [-0.2, -0.15) is 0 Å². The average Bonchev–Trinajstić information content (AvgIpc) is 3.42. The first-order valence-electron chi connectivity index (χ1n) is 12.0. The molecule has 152 valence electrons. The van der Waals surface area contributed by atoms with Gasteiger partial charge in [0.15, 0.2) is 0 Å². The Hall–Kier alpha value is -4.42. The molecule has 0 aliphatic carbocycles. The molecule has 10 aromatic carbocycles. The molecule has 10 aromatic rings. The zero-order valence-electron chi connectivity index (χ0n) is 18.2. The number of hydrogen-bond acceptors (Lipinski definition) is 0. The second-order valence-electron chi connectivity index (χ2n) is 9.99. The van der Waals surface area contributed by atoms with Gasteiger partial charge < -0.3 is 0 Å². The molecule has 0 N–H and O–H groups in total. The molecule has 0 saturated heterocycles. The van der Waals surface area contributed by atoms with Crippen molar-refractivity contribution in [2.75, 3.05) is 0 Å². The Labute approximate surface area is 193 Å². The van der Waals surface area contributed by atoms with Gasteiger partial charge in [-0.05, 0) is 109 Å². The zero-order valence-corrected chi connectivity index (χ0v) is 18.2. The lowest BCUT2D eigenvalue weighted by Crippen LogP contribution is -1.83. The summed E-state index contributed by atoms with van der Waals surface area (Å²) in [6.45, 7) is 0. The summed E-state index contributed by atoms with van der Waals surface area (Å²) in [4.78, 5) is 0. The van der Waals surface area contributed by atoms with Gasteiger partial charge in [-0.15, -0.1) is 0 Å². The summed E-state index contributed by atoms with van der Waals surface area (Å²) >= 11 is 0. The van der Waals surface area contributed by atoms with Crippen LogP contribution < -0.4 is 0 Å². The first-order valence-corrected chi connectivity index (χ1v) is 12.0. The maximum Gasteiger partial charge on any atom is -0.0000915 e. The van der Waals surface area contributed by atoms with Crippen molar-refractivity contribution < 1.29 is 0 Å². The molecule has 0 aliphatic rings. The first kappa shape index (κ1) is 16.2. The summed E-state index contributed by atoms with van der Waals surface area (Å²) in [5.41, 5.74) is 0. The highest BCUT2D eigenvalue weighted by Gasteiger charge is 2.27. The highest BCUT2D eigenvalue weighted by Crippen LogP contribution is 2.56. The van der Waals surface area contributed by atoms with Crippen molar-refractivity contribution in [2.24, 2.45) is 0 Å². The minimum Gasteiger partial charge on any atom is -0.0616 e. The van der Waals surface area contributed by atoms with E-state index < -0.39 is 0 Å². The third-order valence-electron chi connectivity index (χ3n) is 8.63. The molecule has 34 heavy (non-hydrogen) atoms. The fraction of sp³-hybridized carbons (Fsp3) is 0. The molecule has 10 rings (SSSR count). The second-order valence-corrected chi connectivity index (χ2v) is 9.99. The summed E-state index contributed by atoms with van der Waals surface area (Å²) in [7, 11) is 0. The molecular formula is C34H16. The molecule has 0 nitrogen and oxygen atoms in total. The molecule has 0 aliphatic heterocycles. The lowest BCUT2D eigenvalue weighted by atomic mass is 9.91. The maximum atomic E-state index is 2.49. The Morgan fingerprint density at radius 3 is 0.882 bits per heavy atom. The van der Waals surface area contributed by atoms with Crippen molar-refractivity contribution in [3.05, 3.63) is 97.1 Å². The number of rotatable bonds is 0. The third-order valence-corrected chi connectivity index (χ3v) is 8.63. The molecule has 0 saturated carbocycles. The van der Waals surface area contributed by atoms with E-state index in [9.17, 15) is 0 Å². The van der Waals surface area contributed by atoms with Crippen LogP contribution in [0.15, 0.2) is 97.1 Å². The lowest BCUT2D eigenvalue weighted by molar-refractivity contribution is 1.82. The van der Waals surface area contributed by atoms with Crippen LogP contribution >= 0.6 is 0 Å². The van der Waals surface area contributed by atoms with Gasteiger partial charge >= 0.3 is 0 Å². The van der Waals surface area contributed by atoms with Crippen molar-refractivity contribution in [1.82, 2.24) is 0 Å². The fourth-order valence-corrected chi connectivity index (χ4v) is 7.43. The van der Waals surface area contributed by atoms with Crippen LogP contribution in [0.2, 0.25) is 0 Å².